The van der Waals surface area contributed by atoms with Gasteiger partial charge in [-0.05, 0) is 37.0 Å². The zero-order chi connectivity index (χ0) is 20.6. The number of ether oxygens (including phenoxy) is 2. The smallest absolute Gasteiger partial charge is 0.387 e. The Morgan fingerprint density at radius 2 is 1.90 bits per heavy atom. The molecule has 2 aliphatic heterocycles. The number of benzene rings is 1. The fourth-order valence-electron chi connectivity index (χ4n) is 3.55. The Hall–Kier alpha value is -2.26. The highest BCUT2D eigenvalue weighted by Crippen LogP contribution is 2.16. The number of nitrogens with one attached hydrogen (secondary N) is 1. The highest BCUT2D eigenvalue weighted by molar-refractivity contribution is 5.81. The van der Waals surface area contributed by atoms with Gasteiger partial charge in [0.1, 0.15) is 11.9 Å². The molecule has 0 aliphatic carbocycles. The van der Waals surface area contributed by atoms with Gasteiger partial charge in [0.05, 0.1) is 6.54 Å². The van der Waals surface area contributed by atoms with E-state index in [4.69, 9.17) is 4.74 Å². The van der Waals surface area contributed by atoms with E-state index in [0.29, 0.717) is 52.3 Å². The van der Waals surface area contributed by atoms with Crippen LogP contribution < -0.4 is 10.1 Å². The Labute approximate surface area is 168 Å². The molecule has 1 N–H and O–H groups in total. The normalized spacial score (nSPS) is 20.1. The van der Waals surface area contributed by atoms with Gasteiger partial charge in [-0.3, -0.25) is 14.5 Å². The molecular weight excluding hydrogens is 384 g/mol. The highest BCUT2D eigenvalue weighted by atomic mass is 19.3. The minimum Gasteiger partial charge on any atom is -0.435 e. The van der Waals surface area contributed by atoms with E-state index in [-0.39, 0.29) is 23.7 Å². The lowest BCUT2D eigenvalue weighted by Crippen LogP contribution is -2.53. The van der Waals surface area contributed by atoms with Crippen LogP contribution in [-0.2, 0) is 20.7 Å². The van der Waals surface area contributed by atoms with Crippen LogP contribution in [0, 0.1) is 0 Å². The minimum atomic E-state index is -2.84. The number of carbonyl (C=O) groups excluding carboxylic acids is 2. The van der Waals surface area contributed by atoms with Crippen LogP contribution in [0.5, 0.6) is 5.75 Å². The van der Waals surface area contributed by atoms with Gasteiger partial charge in [-0.15, -0.1) is 0 Å². The zero-order valence-electron chi connectivity index (χ0n) is 16.3. The van der Waals surface area contributed by atoms with Crippen molar-refractivity contribution in [2.24, 2.45) is 0 Å². The quantitative estimate of drug-likeness (QED) is 0.698. The Bertz CT molecular complexity index is 673. The Morgan fingerprint density at radius 3 is 2.52 bits per heavy atom. The topological polar surface area (TPSA) is 71.1 Å². The molecule has 9 heteroatoms. The number of nitrogens with zero attached hydrogens (tertiary/aromatic N) is 2. The van der Waals surface area contributed by atoms with Gasteiger partial charge in [0, 0.05) is 39.3 Å². The van der Waals surface area contributed by atoms with Crippen LogP contribution in [0.4, 0.5) is 8.78 Å². The van der Waals surface area contributed by atoms with Crippen molar-refractivity contribution in [2.75, 3.05) is 45.9 Å². The van der Waals surface area contributed by atoms with Crippen LogP contribution in [-0.4, -0.2) is 80.2 Å². The average molecular weight is 411 g/mol. The summed E-state index contributed by atoms with van der Waals surface area (Å²) < 4.78 is 34.0. The van der Waals surface area contributed by atoms with E-state index in [2.05, 4.69) is 10.1 Å². The van der Waals surface area contributed by atoms with Gasteiger partial charge in [0.25, 0.3) is 5.91 Å². The van der Waals surface area contributed by atoms with Crippen molar-refractivity contribution in [2.45, 2.75) is 32.0 Å². The van der Waals surface area contributed by atoms with E-state index in [1.807, 2.05) is 9.80 Å². The molecule has 7 nitrogen and oxygen atoms in total. The van der Waals surface area contributed by atoms with E-state index in [9.17, 15) is 18.4 Å². The molecule has 2 amide bonds. The molecule has 0 radical (unpaired) electrons. The summed E-state index contributed by atoms with van der Waals surface area (Å²) in [6, 6.07) is 6.38. The van der Waals surface area contributed by atoms with Crippen molar-refractivity contribution >= 4 is 11.8 Å². The Balaban J connectivity index is 1.31. The monoisotopic (exact) mass is 411 g/mol. The summed E-state index contributed by atoms with van der Waals surface area (Å²) in [6.45, 7) is 1.13. The largest absolute Gasteiger partial charge is 0.435 e. The fraction of sp³-hybridized carbons (Fsp3) is 0.600. The second-order valence-corrected chi connectivity index (χ2v) is 7.23. The van der Waals surface area contributed by atoms with Crippen molar-refractivity contribution in [1.82, 2.24) is 15.1 Å². The lowest BCUT2D eigenvalue weighted by molar-refractivity contribution is -0.142. The standard InChI is InChI=1S/C20H27F2N3O4/c21-20(22)29-16-5-3-15(4-6-16)7-8-23-18(26)14-24-9-11-25(12-10-24)19(27)17-2-1-13-28-17/h3-6,17,20H,1-2,7-14H2,(H,23,26). The molecular formula is C20H27F2N3O4. The van der Waals surface area contributed by atoms with Crippen LogP contribution >= 0.6 is 0 Å². The van der Waals surface area contributed by atoms with Crippen molar-refractivity contribution < 1.29 is 27.8 Å². The molecule has 29 heavy (non-hydrogen) atoms. The number of piperazine rings is 1. The first kappa shape index (κ1) is 21.4. The molecule has 2 saturated heterocycles. The third-order valence-electron chi connectivity index (χ3n) is 5.14. The van der Waals surface area contributed by atoms with Crippen LogP contribution in [0.15, 0.2) is 24.3 Å². The molecule has 0 saturated carbocycles. The van der Waals surface area contributed by atoms with Gasteiger partial charge in [-0.1, -0.05) is 12.1 Å². The van der Waals surface area contributed by atoms with Gasteiger partial charge < -0.3 is 19.7 Å². The molecule has 1 atom stereocenters. The summed E-state index contributed by atoms with van der Waals surface area (Å²) in [5, 5.41) is 2.87. The SMILES string of the molecule is O=C(CN1CCN(C(=O)C2CCCO2)CC1)NCCc1ccc(OC(F)F)cc1. The Morgan fingerprint density at radius 1 is 1.17 bits per heavy atom. The molecule has 0 spiro atoms. The third kappa shape index (κ3) is 6.64. The number of rotatable bonds is 8. The predicted octanol–water partition coefficient (Wildman–Crippen LogP) is 1.27. The molecule has 2 aliphatic rings. The summed E-state index contributed by atoms with van der Waals surface area (Å²) in [5.74, 6) is 0.114. The lowest BCUT2D eigenvalue weighted by atomic mass is 10.1. The van der Waals surface area contributed by atoms with Gasteiger partial charge in [-0.2, -0.15) is 8.78 Å². The summed E-state index contributed by atoms with van der Waals surface area (Å²) in [5.41, 5.74) is 0.924. The van der Waals surface area contributed by atoms with Crippen LogP contribution in [0.25, 0.3) is 0 Å². The second kappa shape index (κ2) is 10.5. The molecule has 0 aromatic heterocycles. The van der Waals surface area contributed by atoms with Crippen molar-refractivity contribution in [1.29, 1.82) is 0 Å². The molecule has 2 heterocycles. The van der Waals surface area contributed by atoms with Gasteiger partial charge >= 0.3 is 6.61 Å². The van der Waals surface area contributed by atoms with E-state index in [1.165, 1.54) is 12.1 Å². The lowest BCUT2D eigenvalue weighted by Gasteiger charge is -2.35. The fourth-order valence-corrected chi connectivity index (χ4v) is 3.55. The van der Waals surface area contributed by atoms with Crippen molar-refractivity contribution in [3.05, 3.63) is 29.8 Å². The Kier molecular flexibility index (Phi) is 7.76. The number of amides is 2. The third-order valence-corrected chi connectivity index (χ3v) is 5.14. The molecule has 1 unspecified atom stereocenters. The molecule has 0 bridgehead atoms. The molecule has 1 aromatic rings. The zero-order valence-corrected chi connectivity index (χ0v) is 16.3. The summed E-state index contributed by atoms with van der Waals surface area (Å²) >= 11 is 0. The van der Waals surface area contributed by atoms with Crippen molar-refractivity contribution in [3.8, 4) is 5.75 Å². The molecule has 160 valence electrons. The van der Waals surface area contributed by atoms with E-state index >= 15 is 0 Å². The minimum absolute atomic E-state index is 0.0663. The first-order valence-electron chi connectivity index (χ1n) is 9.94. The number of halogens is 2. The van der Waals surface area contributed by atoms with Gasteiger partial charge in [0.2, 0.25) is 5.91 Å². The van der Waals surface area contributed by atoms with Crippen LogP contribution in [0.3, 0.4) is 0 Å². The second-order valence-electron chi connectivity index (χ2n) is 7.23. The number of hydrogen-bond donors (Lipinski definition) is 1. The van der Waals surface area contributed by atoms with Crippen LogP contribution in [0.2, 0.25) is 0 Å². The first-order chi connectivity index (χ1) is 14.0. The molecule has 3 rings (SSSR count). The summed E-state index contributed by atoms with van der Waals surface area (Å²) in [6.07, 6.45) is 2.04. The van der Waals surface area contributed by atoms with E-state index in [1.54, 1.807) is 12.1 Å². The molecule has 1 aromatic carbocycles. The highest BCUT2D eigenvalue weighted by Gasteiger charge is 2.30. The van der Waals surface area contributed by atoms with E-state index < -0.39 is 6.61 Å². The van der Waals surface area contributed by atoms with Gasteiger partial charge in [0.15, 0.2) is 0 Å². The maximum atomic E-state index is 12.3. The number of carbonyl (C=O) groups is 2. The predicted molar refractivity (Wildman–Crippen MR) is 102 cm³/mol. The first-order valence-corrected chi connectivity index (χ1v) is 9.94. The van der Waals surface area contributed by atoms with Crippen LogP contribution in [0.1, 0.15) is 18.4 Å². The maximum Gasteiger partial charge on any atom is 0.387 e. The summed E-state index contributed by atoms with van der Waals surface area (Å²) in [4.78, 5) is 28.3. The number of hydrogen-bond acceptors (Lipinski definition) is 5. The average Bonchev–Trinajstić information content (AvgIpc) is 3.24. The number of alkyl halides is 2. The van der Waals surface area contributed by atoms with Gasteiger partial charge in [-0.25, -0.2) is 0 Å². The van der Waals surface area contributed by atoms with Crippen molar-refractivity contribution in [3.63, 3.8) is 0 Å². The summed E-state index contributed by atoms with van der Waals surface area (Å²) in [7, 11) is 0. The van der Waals surface area contributed by atoms with E-state index in [0.717, 1.165) is 18.4 Å². The maximum absolute atomic E-state index is 12.3. The molecule has 2 fully saturated rings.